The Hall–Kier alpha value is -1.82. The van der Waals surface area contributed by atoms with E-state index >= 15 is 0 Å². The van der Waals surface area contributed by atoms with E-state index in [0.717, 1.165) is 5.03 Å². The van der Waals surface area contributed by atoms with Crippen molar-refractivity contribution < 1.29 is 9.13 Å². The van der Waals surface area contributed by atoms with Crippen LogP contribution in [0.4, 0.5) is 10.1 Å². The molecule has 0 amide bonds. The summed E-state index contributed by atoms with van der Waals surface area (Å²) in [6, 6.07) is 5.93. The normalized spacial score (nSPS) is 10.2. The Kier molecular flexibility index (Phi) is 3.43. The van der Waals surface area contributed by atoms with E-state index in [1.54, 1.807) is 12.1 Å². The Bertz CT molecular complexity index is 536. The van der Waals surface area contributed by atoms with Crippen LogP contribution in [0, 0.1) is 5.82 Å². The van der Waals surface area contributed by atoms with Gasteiger partial charge >= 0.3 is 0 Å². The molecular weight excluding hydrogens is 241 g/mol. The van der Waals surface area contributed by atoms with Gasteiger partial charge in [0.05, 0.1) is 5.69 Å². The molecule has 17 heavy (non-hydrogen) atoms. The zero-order chi connectivity index (χ0) is 12.3. The lowest BCUT2D eigenvalue weighted by Crippen LogP contribution is -1.93. The van der Waals surface area contributed by atoms with E-state index in [0.29, 0.717) is 11.6 Å². The van der Waals surface area contributed by atoms with Crippen LogP contribution < -0.4 is 10.5 Å². The number of hydrogen-bond acceptors (Lipinski definition) is 5. The fourth-order valence-electron chi connectivity index (χ4n) is 1.18. The van der Waals surface area contributed by atoms with E-state index < -0.39 is 5.82 Å². The lowest BCUT2D eigenvalue weighted by molar-refractivity contribution is 0.454. The van der Waals surface area contributed by atoms with Crippen molar-refractivity contribution in [3.05, 3.63) is 36.4 Å². The fraction of sp³-hybridized carbons (Fsp3) is 0.0909. The molecule has 1 aromatic carbocycles. The fourth-order valence-corrected chi connectivity index (χ4v) is 1.55. The molecule has 0 fully saturated rings. The Morgan fingerprint density at radius 2 is 2.12 bits per heavy atom. The molecule has 1 aromatic heterocycles. The van der Waals surface area contributed by atoms with E-state index in [4.69, 9.17) is 10.5 Å². The molecule has 6 heteroatoms. The maximum Gasteiger partial charge on any atom is 0.223 e. The lowest BCUT2D eigenvalue weighted by Gasteiger charge is -2.05. The van der Waals surface area contributed by atoms with Gasteiger partial charge < -0.3 is 10.5 Å². The molecule has 0 saturated carbocycles. The summed E-state index contributed by atoms with van der Waals surface area (Å²) < 4.78 is 18.6. The second-order valence-corrected chi connectivity index (χ2v) is 4.01. The molecule has 0 unspecified atom stereocenters. The van der Waals surface area contributed by atoms with E-state index in [9.17, 15) is 4.39 Å². The van der Waals surface area contributed by atoms with Gasteiger partial charge in [0.25, 0.3) is 0 Å². The summed E-state index contributed by atoms with van der Waals surface area (Å²) in [5.74, 6) is 0.206. The molecule has 0 saturated heterocycles. The van der Waals surface area contributed by atoms with E-state index in [1.807, 2.05) is 6.26 Å². The van der Waals surface area contributed by atoms with Crippen LogP contribution in [0.15, 0.2) is 35.6 Å². The first kappa shape index (κ1) is 11.7. The Morgan fingerprint density at radius 3 is 2.82 bits per heavy atom. The summed E-state index contributed by atoms with van der Waals surface area (Å²) in [7, 11) is 0. The van der Waals surface area contributed by atoms with Crippen LogP contribution in [0.25, 0.3) is 0 Å². The third kappa shape index (κ3) is 2.85. The quantitative estimate of drug-likeness (QED) is 0.516. The molecule has 0 spiro atoms. The van der Waals surface area contributed by atoms with Crippen molar-refractivity contribution >= 4 is 17.4 Å². The maximum atomic E-state index is 13.2. The highest BCUT2D eigenvalue weighted by Crippen LogP contribution is 2.24. The van der Waals surface area contributed by atoms with Crippen molar-refractivity contribution in [3.8, 4) is 11.6 Å². The average Bonchev–Trinajstić information content (AvgIpc) is 2.34. The van der Waals surface area contributed by atoms with Crippen molar-refractivity contribution in [2.75, 3.05) is 12.0 Å². The maximum absolute atomic E-state index is 13.2. The number of nitrogen functional groups attached to an aromatic ring is 1. The van der Waals surface area contributed by atoms with Crippen molar-refractivity contribution in [1.29, 1.82) is 0 Å². The van der Waals surface area contributed by atoms with Crippen molar-refractivity contribution in [2.24, 2.45) is 0 Å². The van der Waals surface area contributed by atoms with Gasteiger partial charge in [-0.2, -0.15) is 0 Å². The van der Waals surface area contributed by atoms with E-state index in [-0.39, 0.29) is 5.69 Å². The molecule has 1 heterocycles. The summed E-state index contributed by atoms with van der Waals surface area (Å²) >= 11 is 1.47. The Labute approximate surface area is 102 Å². The second kappa shape index (κ2) is 5.01. The summed E-state index contributed by atoms with van der Waals surface area (Å²) in [6.07, 6.45) is 3.30. The number of hydrogen-bond donors (Lipinski definition) is 1. The number of anilines is 1. The number of nitrogens with zero attached hydrogens (tertiary/aromatic N) is 2. The van der Waals surface area contributed by atoms with Crippen LogP contribution in [-0.4, -0.2) is 16.2 Å². The molecule has 0 bridgehead atoms. The molecule has 2 N–H and O–H groups in total. The summed E-state index contributed by atoms with van der Waals surface area (Å²) in [4.78, 5) is 7.94. The predicted octanol–water partition coefficient (Wildman–Crippen LogP) is 2.71. The van der Waals surface area contributed by atoms with Crippen LogP contribution in [0.1, 0.15) is 0 Å². The first-order valence-corrected chi connectivity index (χ1v) is 6.00. The Morgan fingerprint density at radius 1 is 1.29 bits per heavy atom. The first-order valence-electron chi connectivity index (χ1n) is 4.78. The minimum atomic E-state index is -0.512. The summed E-state index contributed by atoms with van der Waals surface area (Å²) in [6.45, 7) is 0. The number of ether oxygens (including phenoxy) is 1. The molecule has 0 radical (unpaired) electrons. The second-order valence-electron chi connectivity index (χ2n) is 3.18. The largest absolute Gasteiger partial charge is 0.439 e. The molecule has 0 atom stereocenters. The lowest BCUT2D eigenvalue weighted by atomic mass is 10.3. The summed E-state index contributed by atoms with van der Waals surface area (Å²) in [5, 5.41) is 0.783. The SMILES string of the molecule is CSc1cc(Oc2ccc(N)c(F)c2)ncn1. The standard InChI is InChI=1S/C11H10FN3OS/c1-17-11-5-10(14-6-15-11)16-7-2-3-9(13)8(12)4-7/h2-6H,13H2,1H3. The smallest absolute Gasteiger partial charge is 0.223 e. The van der Waals surface area contributed by atoms with Crippen molar-refractivity contribution in [3.63, 3.8) is 0 Å². The van der Waals surface area contributed by atoms with Crippen LogP contribution in [0.5, 0.6) is 11.6 Å². The van der Waals surface area contributed by atoms with Gasteiger partial charge in [-0.3, -0.25) is 0 Å². The minimum Gasteiger partial charge on any atom is -0.439 e. The molecule has 4 nitrogen and oxygen atoms in total. The molecule has 0 aliphatic rings. The topological polar surface area (TPSA) is 61.0 Å². The molecule has 0 aliphatic carbocycles. The predicted molar refractivity (Wildman–Crippen MR) is 64.7 cm³/mol. The van der Waals surface area contributed by atoms with Crippen LogP contribution in [0.2, 0.25) is 0 Å². The number of rotatable bonds is 3. The number of benzene rings is 1. The van der Waals surface area contributed by atoms with Gasteiger partial charge in [-0.1, -0.05) is 0 Å². The molecule has 2 aromatic rings. The number of aromatic nitrogens is 2. The monoisotopic (exact) mass is 251 g/mol. The highest BCUT2D eigenvalue weighted by Gasteiger charge is 2.04. The van der Waals surface area contributed by atoms with Gasteiger partial charge in [0.1, 0.15) is 22.9 Å². The highest BCUT2D eigenvalue weighted by molar-refractivity contribution is 7.98. The molecule has 88 valence electrons. The van der Waals surface area contributed by atoms with E-state index in [1.165, 1.54) is 30.2 Å². The van der Waals surface area contributed by atoms with Gasteiger partial charge in [-0.05, 0) is 18.4 Å². The molecular formula is C11H10FN3OS. The van der Waals surface area contributed by atoms with Crippen LogP contribution in [0.3, 0.4) is 0 Å². The third-order valence-electron chi connectivity index (χ3n) is 2.02. The van der Waals surface area contributed by atoms with Gasteiger partial charge in [-0.15, -0.1) is 11.8 Å². The van der Waals surface area contributed by atoms with Crippen molar-refractivity contribution in [1.82, 2.24) is 9.97 Å². The number of halogens is 1. The van der Waals surface area contributed by atoms with Crippen LogP contribution >= 0.6 is 11.8 Å². The van der Waals surface area contributed by atoms with Crippen LogP contribution in [-0.2, 0) is 0 Å². The zero-order valence-electron chi connectivity index (χ0n) is 9.05. The Balaban J connectivity index is 2.22. The van der Waals surface area contributed by atoms with E-state index in [2.05, 4.69) is 9.97 Å². The number of nitrogens with two attached hydrogens (primary N) is 1. The highest BCUT2D eigenvalue weighted by atomic mass is 32.2. The molecule has 0 aliphatic heterocycles. The molecule has 2 rings (SSSR count). The van der Waals surface area contributed by atoms with Gasteiger partial charge in [0.15, 0.2) is 0 Å². The summed E-state index contributed by atoms with van der Waals surface area (Å²) in [5.41, 5.74) is 5.46. The van der Waals surface area contributed by atoms with Gasteiger partial charge in [-0.25, -0.2) is 14.4 Å². The van der Waals surface area contributed by atoms with Gasteiger partial charge in [0, 0.05) is 12.1 Å². The zero-order valence-corrected chi connectivity index (χ0v) is 9.87. The van der Waals surface area contributed by atoms with Crippen molar-refractivity contribution in [2.45, 2.75) is 5.03 Å². The third-order valence-corrected chi connectivity index (χ3v) is 2.66. The minimum absolute atomic E-state index is 0.0878. The van der Waals surface area contributed by atoms with Gasteiger partial charge in [0.2, 0.25) is 5.88 Å². The number of thioether (sulfide) groups is 1. The average molecular weight is 251 g/mol. The first-order chi connectivity index (χ1) is 8.19.